The van der Waals surface area contributed by atoms with Crippen LogP contribution in [0.3, 0.4) is 0 Å². The topological polar surface area (TPSA) is 72.0 Å². The number of benzene rings is 1. The number of nitrogens with zero attached hydrogens (tertiary/aromatic N) is 3. The van der Waals surface area contributed by atoms with Crippen LogP contribution in [0, 0.1) is 12.7 Å². The van der Waals surface area contributed by atoms with E-state index in [0.717, 1.165) is 0 Å². The van der Waals surface area contributed by atoms with Gasteiger partial charge in [0, 0.05) is 11.8 Å². The van der Waals surface area contributed by atoms with E-state index in [9.17, 15) is 9.50 Å². The van der Waals surface area contributed by atoms with Crippen molar-refractivity contribution in [3.63, 3.8) is 0 Å². The molecule has 0 amide bonds. The molecule has 1 N–H and O–H groups in total. The van der Waals surface area contributed by atoms with Crippen molar-refractivity contribution < 1.29 is 14.0 Å². The molecular weight excluding hydrogens is 261 g/mol. The summed E-state index contributed by atoms with van der Waals surface area (Å²) in [5.74, 6) is 0.0889. The van der Waals surface area contributed by atoms with Crippen molar-refractivity contribution in [2.24, 2.45) is 0 Å². The van der Waals surface area contributed by atoms with Gasteiger partial charge in [-0.15, -0.1) is 0 Å². The van der Waals surface area contributed by atoms with Gasteiger partial charge >= 0.3 is 0 Å². The Bertz CT molecular complexity index is 771. The zero-order valence-electron chi connectivity index (χ0n) is 10.5. The van der Waals surface area contributed by atoms with Gasteiger partial charge in [-0.1, -0.05) is 5.16 Å². The standard InChI is InChI=1S/C14H10FN3O2/c1-8-7-9(4-5-10(8)15)13-17-14(20-18-13)12-11(19)3-2-6-16-12/h2-7,19H,1H3. The second-order valence-corrected chi connectivity index (χ2v) is 4.26. The first-order valence-electron chi connectivity index (χ1n) is 5.90. The highest BCUT2D eigenvalue weighted by Gasteiger charge is 2.15. The molecular formula is C14H10FN3O2. The minimum atomic E-state index is -0.292. The maximum absolute atomic E-state index is 13.2. The summed E-state index contributed by atoms with van der Waals surface area (Å²) >= 11 is 0. The predicted molar refractivity (Wildman–Crippen MR) is 69.3 cm³/mol. The number of halogens is 1. The first-order chi connectivity index (χ1) is 9.65. The van der Waals surface area contributed by atoms with Crippen LogP contribution in [0.15, 0.2) is 41.1 Å². The van der Waals surface area contributed by atoms with Gasteiger partial charge in [0.2, 0.25) is 5.82 Å². The number of aromatic hydroxyl groups is 1. The van der Waals surface area contributed by atoms with Gasteiger partial charge in [0.1, 0.15) is 11.6 Å². The SMILES string of the molecule is Cc1cc(-c2noc(-c3ncccc3O)n2)ccc1F. The van der Waals surface area contributed by atoms with E-state index in [0.29, 0.717) is 17.0 Å². The molecule has 0 bridgehead atoms. The van der Waals surface area contributed by atoms with E-state index in [1.807, 2.05) is 0 Å². The lowest BCUT2D eigenvalue weighted by Gasteiger charge is -1.98. The minimum Gasteiger partial charge on any atom is -0.505 e. The van der Waals surface area contributed by atoms with Crippen LogP contribution >= 0.6 is 0 Å². The molecule has 0 fully saturated rings. The van der Waals surface area contributed by atoms with Crippen molar-refractivity contribution in [3.8, 4) is 28.7 Å². The van der Waals surface area contributed by atoms with Crippen molar-refractivity contribution >= 4 is 0 Å². The van der Waals surface area contributed by atoms with E-state index in [1.165, 1.54) is 18.3 Å². The second-order valence-electron chi connectivity index (χ2n) is 4.26. The molecule has 0 saturated heterocycles. The Morgan fingerprint density at radius 1 is 1.25 bits per heavy atom. The molecule has 0 aliphatic carbocycles. The zero-order chi connectivity index (χ0) is 14.1. The third-order valence-corrected chi connectivity index (χ3v) is 2.83. The average molecular weight is 271 g/mol. The lowest BCUT2D eigenvalue weighted by molar-refractivity contribution is 0.423. The van der Waals surface area contributed by atoms with E-state index in [4.69, 9.17) is 4.52 Å². The van der Waals surface area contributed by atoms with Crippen molar-refractivity contribution in [1.82, 2.24) is 15.1 Å². The maximum Gasteiger partial charge on any atom is 0.280 e. The Balaban J connectivity index is 2.02. The van der Waals surface area contributed by atoms with Crippen LogP contribution in [0.1, 0.15) is 5.56 Å². The van der Waals surface area contributed by atoms with E-state index in [1.54, 1.807) is 25.1 Å². The van der Waals surface area contributed by atoms with Crippen LogP contribution in [-0.4, -0.2) is 20.2 Å². The molecule has 0 aliphatic rings. The van der Waals surface area contributed by atoms with Gasteiger partial charge in [-0.05, 0) is 42.8 Å². The average Bonchev–Trinajstić information content (AvgIpc) is 2.92. The Morgan fingerprint density at radius 2 is 2.10 bits per heavy atom. The van der Waals surface area contributed by atoms with Gasteiger partial charge in [-0.25, -0.2) is 9.37 Å². The van der Waals surface area contributed by atoms with E-state index >= 15 is 0 Å². The van der Waals surface area contributed by atoms with E-state index < -0.39 is 0 Å². The molecule has 0 radical (unpaired) electrons. The van der Waals surface area contributed by atoms with Gasteiger partial charge in [0.05, 0.1) is 0 Å². The highest BCUT2D eigenvalue weighted by molar-refractivity contribution is 5.61. The molecule has 0 atom stereocenters. The van der Waals surface area contributed by atoms with Crippen molar-refractivity contribution in [1.29, 1.82) is 0 Å². The quantitative estimate of drug-likeness (QED) is 0.775. The second kappa shape index (κ2) is 4.73. The first kappa shape index (κ1) is 12.3. The number of aryl methyl sites for hydroxylation is 1. The van der Waals surface area contributed by atoms with Crippen LogP contribution in [0.2, 0.25) is 0 Å². The number of rotatable bonds is 2. The van der Waals surface area contributed by atoms with Gasteiger partial charge in [0.15, 0.2) is 5.69 Å². The zero-order valence-corrected chi connectivity index (χ0v) is 10.5. The summed E-state index contributed by atoms with van der Waals surface area (Å²) in [5.41, 5.74) is 1.34. The predicted octanol–water partition coefficient (Wildman–Crippen LogP) is 2.95. The third-order valence-electron chi connectivity index (χ3n) is 2.83. The highest BCUT2D eigenvalue weighted by Crippen LogP contribution is 2.27. The molecule has 100 valence electrons. The Morgan fingerprint density at radius 3 is 2.85 bits per heavy atom. The molecule has 0 aliphatic heterocycles. The Hall–Kier alpha value is -2.76. The molecule has 3 rings (SSSR count). The van der Waals surface area contributed by atoms with Crippen molar-refractivity contribution in [2.75, 3.05) is 0 Å². The molecule has 6 heteroatoms. The van der Waals surface area contributed by atoms with Crippen LogP contribution in [0.4, 0.5) is 4.39 Å². The van der Waals surface area contributed by atoms with Gasteiger partial charge < -0.3 is 9.63 Å². The largest absolute Gasteiger partial charge is 0.505 e. The monoisotopic (exact) mass is 271 g/mol. The summed E-state index contributed by atoms with van der Waals surface area (Å²) in [6, 6.07) is 7.62. The molecule has 2 aromatic heterocycles. The third kappa shape index (κ3) is 2.11. The molecule has 2 heterocycles. The fraction of sp³-hybridized carbons (Fsp3) is 0.0714. The highest BCUT2D eigenvalue weighted by atomic mass is 19.1. The lowest BCUT2D eigenvalue weighted by atomic mass is 10.1. The molecule has 3 aromatic rings. The Kier molecular flexibility index (Phi) is 2.90. The number of hydrogen-bond acceptors (Lipinski definition) is 5. The molecule has 0 unspecified atom stereocenters. The van der Waals surface area contributed by atoms with Gasteiger partial charge in [-0.2, -0.15) is 4.98 Å². The van der Waals surface area contributed by atoms with Crippen LogP contribution in [0.5, 0.6) is 5.75 Å². The summed E-state index contributed by atoms with van der Waals surface area (Å²) < 4.78 is 18.3. The lowest BCUT2D eigenvalue weighted by Crippen LogP contribution is -1.87. The Labute approximate surface area is 113 Å². The van der Waals surface area contributed by atoms with Crippen molar-refractivity contribution in [3.05, 3.63) is 47.9 Å². The van der Waals surface area contributed by atoms with Gasteiger partial charge in [0.25, 0.3) is 5.89 Å². The molecule has 1 aromatic carbocycles. The fourth-order valence-corrected chi connectivity index (χ4v) is 1.78. The normalized spacial score (nSPS) is 10.7. The smallest absolute Gasteiger partial charge is 0.280 e. The minimum absolute atomic E-state index is 0.0435. The van der Waals surface area contributed by atoms with Crippen LogP contribution < -0.4 is 0 Å². The summed E-state index contributed by atoms with van der Waals surface area (Å²) in [7, 11) is 0. The number of hydrogen-bond donors (Lipinski definition) is 1. The number of aromatic nitrogens is 3. The summed E-state index contributed by atoms with van der Waals surface area (Å²) in [5, 5.41) is 13.5. The molecule has 0 saturated carbocycles. The molecule has 5 nitrogen and oxygen atoms in total. The number of pyridine rings is 1. The van der Waals surface area contributed by atoms with Crippen molar-refractivity contribution in [2.45, 2.75) is 6.92 Å². The maximum atomic E-state index is 13.2. The summed E-state index contributed by atoms with van der Waals surface area (Å²) in [6.45, 7) is 1.66. The summed E-state index contributed by atoms with van der Waals surface area (Å²) in [6.07, 6.45) is 1.51. The first-order valence-corrected chi connectivity index (χ1v) is 5.90. The van der Waals surface area contributed by atoms with E-state index in [2.05, 4.69) is 15.1 Å². The molecule has 0 spiro atoms. The summed E-state index contributed by atoms with van der Waals surface area (Å²) in [4.78, 5) is 8.14. The van der Waals surface area contributed by atoms with E-state index in [-0.39, 0.29) is 23.2 Å². The van der Waals surface area contributed by atoms with Crippen LogP contribution in [-0.2, 0) is 0 Å². The fourth-order valence-electron chi connectivity index (χ4n) is 1.78. The van der Waals surface area contributed by atoms with Gasteiger partial charge in [-0.3, -0.25) is 0 Å². The molecule has 20 heavy (non-hydrogen) atoms. The van der Waals surface area contributed by atoms with Crippen LogP contribution in [0.25, 0.3) is 23.0 Å².